The minimum atomic E-state index is 0.539. The molecule has 0 spiro atoms. The summed E-state index contributed by atoms with van der Waals surface area (Å²) in [6, 6.07) is 60.4. The Morgan fingerprint density at radius 3 is 1.78 bits per heavy atom. The molecule has 10 aromatic rings. The summed E-state index contributed by atoms with van der Waals surface area (Å²) in [6.07, 6.45) is 1.91. The highest BCUT2D eigenvalue weighted by atomic mass is 32.2. The summed E-state index contributed by atoms with van der Waals surface area (Å²) >= 11 is 1.64. The van der Waals surface area contributed by atoms with Crippen LogP contribution in [0.3, 0.4) is 0 Å². The molecule has 10 rings (SSSR count). The minimum absolute atomic E-state index is 0.539. The molecular formula is C50H30N6OS. The fourth-order valence-electron chi connectivity index (χ4n) is 7.09. The van der Waals surface area contributed by atoms with Crippen molar-refractivity contribution < 1.29 is 4.42 Å². The summed E-state index contributed by atoms with van der Waals surface area (Å²) in [4.78, 5) is 27.1. The Kier molecular flexibility index (Phi) is 9.03. The topological polar surface area (TPSA) is 101 Å². The van der Waals surface area contributed by atoms with E-state index in [1.165, 1.54) is 0 Å². The van der Waals surface area contributed by atoms with E-state index in [1.807, 2.05) is 146 Å². The normalized spacial score (nSPS) is 11.2. The average Bonchev–Trinajstić information content (AvgIpc) is 3.68. The molecule has 0 bridgehead atoms. The lowest BCUT2D eigenvalue weighted by molar-refractivity contribution is 0.669. The molecule has 0 radical (unpaired) electrons. The van der Waals surface area contributed by atoms with Crippen LogP contribution in [0, 0.1) is 11.3 Å². The third-order valence-corrected chi connectivity index (χ3v) is 11.0. The zero-order valence-corrected chi connectivity index (χ0v) is 31.6. The van der Waals surface area contributed by atoms with Crippen LogP contribution in [0.5, 0.6) is 0 Å². The Morgan fingerprint density at radius 2 is 1.05 bits per heavy atom. The summed E-state index contributed by atoms with van der Waals surface area (Å²) in [5, 5.41) is 11.5. The van der Waals surface area contributed by atoms with Crippen molar-refractivity contribution in [3.05, 3.63) is 188 Å². The molecule has 0 atom stereocenters. The lowest BCUT2D eigenvalue weighted by Crippen LogP contribution is -2.00. The molecule has 0 aliphatic rings. The molecule has 272 valence electrons. The average molecular weight is 763 g/mol. The Bertz CT molecular complexity index is 3140. The van der Waals surface area contributed by atoms with Crippen molar-refractivity contribution in [3.8, 4) is 74.0 Å². The van der Waals surface area contributed by atoms with E-state index in [0.29, 0.717) is 34.4 Å². The summed E-state index contributed by atoms with van der Waals surface area (Å²) in [7, 11) is 0. The highest BCUT2D eigenvalue weighted by Crippen LogP contribution is 2.40. The maximum absolute atomic E-state index is 9.68. The van der Waals surface area contributed by atoms with Gasteiger partial charge in [-0.3, -0.25) is 0 Å². The van der Waals surface area contributed by atoms with Crippen LogP contribution in [0.1, 0.15) is 5.56 Å². The standard InChI is InChI=1S/C50H30N6OS/c51-30-37-17-10-11-20-39(37)32-23-25-35(26-24-32)48-54-47(34-15-6-2-7-16-34)55-49(56-48)36-27-28-43-42(29-36)40-21-12-22-41(46(40)57-43)50-52-31-44(58-38-18-8-3-9-19-38)45(53-50)33-13-4-1-5-14-33/h1-29,31H. The predicted molar refractivity (Wildman–Crippen MR) is 231 cm³/mol. The maximum atomic E-state index is 9.68. The lowest BCUT2D eigenvalue weighted by Gasteiger charge is -2.11. The molecule has 0 fully saturated rings. The Hall–Kier alpha value is -7.73. The molecule has 0 saturated carbocycles. The van der Waals surface area contributed by atoms with Crippen LogP contribution < -0.4 is 0 Å². The molecule has 0 N–H and O–H groups in total. The Balaban J connectivity index is 1.06. The maximum Gasteiger partial charge on any atom is 0.164 e. The van der Waals surface area contributed by atoms with Gasteiger partial charge in [0, 0.05) is 44.1 Å². The second-order valence-electron chi connectivity index (χ2n) is 13.6. The van der Waals surface area contributed by atoms with E-state index in [0.717, 1.165) is 70.8 Å². The first-order chi connectivity index (χ1) is 28.7. The largest absolute Gasteiger partial charge is 0.455 e. The highest BCUT2D eigenvalue weighted by Gasteiger charge is 2.19. The van der Waals surface area contributed by atoms with Crippen molar-refractivity contribution in [2.75, 3.05) is 0 Å². The van der Waals surface area contributed by atoms with E-state index >= 15 is 0 Å². The smallest absolute Gasteiger partial charge is 0.164 e. The molecule has 8 heteroatoms. The Labute approximate surface area is 338 Å². The van der Waals surface area contributed by atoms with Gasteiger partial charge in [-0.2, -0.15) is 5.26 Å². The van der Waals surface area contributed by atoms with Gasteiger partial charge in [0.05, 0.1) is 27.8 Å². The van der Waals surface area contributed by atoms with Gasteiger partial charge in [-0.1, -0.05) is 145 Å². The first-order valence-corrected chi connectivity index (χ1v) is 19.5. The highest BCUT2D eigenvalue weighted by molar-refractivity contribution is 7.99. The number of nitrogens with zero attached hydrogens (tertiary/aromatic N) is 6. The lowest BCUT2D eigenvalue weighted by atomic mass is 9.99. The number of aromatic nitrogens is 5. The third-order valence-electron chi connectivity index (χ3n) is 9.94. The van der Waals surface area contributed by atoms with Gasteiger partial charge < -0.3 is 4.42 Å². The summed E-state index contributed by atoms with van der Waals surface area (Å²) in [5.74, 6) is 2.23. The van der Waals surface area contributed by atoms with Crippen molar-refractivity contribution in [2.45, 2.75) is 9.79 Å². The SMILES string of the molecule is N#Cc1ccccc1-c1ccc(-c2nc(-c3ccccc3)nc(-c3ccc4oc5c(-c6ncc(Sc7ccccc7)c(-c7ccccc7)n6)cccc5c4c3)n2)cc1. The number of hydrogen-bond donors (Lipinski definition) is 0. The molecule has 58 heavy (non-hydrogen) atoms. The molecule has 0 unspecified atom stereocenters. The van der Waals surface area contributed by atoms with Gasteiger partial charge >= 0.3 is 0 Å². The number of rotatable bonds is 8. The third kappa shape index (κ3) is 6.66. The first-order valence-electron chi connectivity index (χ1n) is 18.7. The molecule has 0 aliphatic carbocycles. The van der Waals surface area contributed by atoms with Crippen molar-refractivity contribution >= 4 is 33.7 Å². The zero-order valence-electron chi connectivity index (χ0n) is 30.8. The van der Waals surface area contributed by atoms with Crippen LogP contribution in [0.15, 0.2) is 196 Å². The second kappa shape index (κ2) is 15.1. The number of fused-ring (bicyclic) bond motifs is 3. The van der Waals surface area contributed by atoms with Gasteiger partial charge in [0.2, 0.25) is 0 Å². The molecule has 3 aromatic heterocycles. The molecule has 0 amide bonds. The van der Waals surface area contributed by atoms with Crippen molar-refractivity contribution in [3.63, 3.8) is 0 Å². The fraction of sp³-hybridized carbons (Fsp3) is 0. The van der Waals surface area contributed by atoms with Gasteiger partial charge in [-0.15, -0.1) is 0 Å². The van der Waals surface area contributed by atoms with Crippen LogP contribution in [-0.2, 0) is 0 Å². The predicted octanol–water partition coefficient (Wildman–Crippen LogP) is 12.6. The zero-order chi connectivity index (χ0) is 38.8. The van der Waals surface area contributed by atoms with E-state index in [1.54, 1.807) is 11.8 Å². The van der Waals surface area contributed by atoms with Crippen LogP contribution in [0.4, 0.5) is 0 Å². The molecule has 0 saturated heterocycles. The van der Waals surface area contributed by atoms with Crippen molar-refractivity contribution in [1.82, 2.24) is 24.9 Å². The van der Waals surface area contributed by atoms with Gasteiger partial charge in [0.25, 0.3) is 0 Å². The van der Waals surface area contributed by atoms with E-state index < -0.39 is 0 Å². The van der Waals surface area contributed by atoms with Gasteiger partial charge in [0.15, 0.2) is 23.3 Å². The number of nitriles is 1. The molecule has 7 aromatic carbocycles. The van der Waals surface area contributed by atoms with Crippen LogP contribution in [0.25, 0.3) is 89.9 Å². The molecule has 7 nitrogen and oxygen atoms in total. The summed E-state index contributed by atoms with van der Waals surface area (Å²) < 4.78 is 6.59. The molecule has 0 aliphatic heterocycles. The monoisotopic (exact) mass is 762 g/mol. The Morgan fingerprint density at radius 1 is 0.466 bits per heavy atom. The number of para-hydroxylation sites is 1. The molecule has 3 heterocycles. The van der Waals surface area contributed by atoms with Crippen LogP contribution in [-0.4, -0.2) is 24.9 Å². The second-order valence-corrected chi connectivity index (χ2v) is 14.7. The van der Waals surface area contributed by atoms with E-state index in [2.05, 4.69) is 42.5 Å². The summed E-state index contributed by atoms with van der Waals surface area (Å²) in [5.41, 5.74) is 9.10. The number of hydrogen-bond acceptors (Lipinski definition) is 8. The van der Waals surface area contributed by atoms with Crippen LogP contribution >= 0.6 is 11.8 Å². The number of benzene rings is 7. The van der Waals surface area contributed by atoms with E-state index in [9.17, 15) is 5.26 Å². The van der Waals surface area contributed by atoms with Crippen molar-refractivity contribution in [1.29, 1.82) is 5.26 Å². The number of furan rings is 1. The van der Waals surface area contributed by atoms with Gasteiger partial charge in [0.1, 0.15) is 11.2 Å². The summed E-state index contributed by atoms with van der Waals surface area (Å²) in [6.45, 7) is 0. The van der Waals surface area contributed by atoms with Gasteiger partial charge in [-0.05, 0) is 53.6 Å². The van der Waals surface area contributed by atoms with Crippen LogP contribution in [0.2, 0.25) is 0 Å². The van der Waals surface area contributed by atoms with E-state index in [-0.39, 0.29) is 0 Å². The van der Waals surface area contributed by atoms with Gasteiger partial charge in [-0.25, -0.2) is 24.9 Å². The fourth-order valence-corrected chi connectivity index (χ4v) is 8.00. The van der Waals surface area contributed by atoms with Crippen molar-refractivity contribution in [2.24, 2.45) is 0 Å². The molecular weight excluding hydrogens is 733 g/mol. The minimum Gasteiger partial charge on any atom is -0.455 e. The first kappa shape index (κ1) is 34.7. The quantitative estimate of drug-likeness (QED) is 0.151. The van der Waals surface area contributed by atoms with E-state index in [4.69, 9.17) is 29.3 Å².